The van der Waals surface area contributed by atoms with Crippen LogP contribution in [0.4, 0.5) is 4.79 Å². The van der Waals surface area contributed by atoms with Gasteiger partial charge in [-0.25, -0.2) is 4.79 Å². The largest absolute Gasteiger partial charge is 0.481 e. The molecule has 7 heteroatoms. The van der Waals surface area contributed by atoms with E-state index >= 15 is 0 Å². The van der Waals surface area contributed by atoms with E-state index in [0.717, 1.165) is 0 Å². The van der Waals surface area contributed by atoms with Gasteiger partial charge < -0.3 is 25.6 Å². The third kappa shape index (κ3) is 8.77. The predicted octanol–water partition coefficient (Wildman–Crippen LogP) is -0.0637. The van der Waals surface area contributed by atoms with Crippen molar-refractivity contribution < 1.29 is 24.5 Å². The number of amides is 2. The van der Waals surface area contributed by atoms with Gasteiger partial charge in [0.1, 0.15) is 0 Å². The lowest BCUT2D eigenvalue weighted by Crippen LogP contribution is -2.48. The lowest BCUT2D eigenvalue weighted by atomic mass is 10.0. The summed E-state index contributed by atoms with van der Waals surface area (Å²) < 4.78 is 5.12. The van der Waals surface area contributed by atoms with Crippen LogP contribution in [-0.2, 0) is 9.53 Å². The first-order valence-corrected chi connectivity index (χ1v) is 5.83. The zero-order chi connectivity index (χ0) is 14.2. The number of hydrogen-bond acceptors (Lipinski definition) is 4. The Bertz CT molecular complexity index is 281. The van der Waals surface area contributed by atoms with Gasteiger partial charge in [0.05, 0.1) is 24.7 Å². The minimum absolute atomic E-state index is 0.132. The van der Waals surface area contributed by atoms with Crippen LogP contribution >= 0.6 is 0 Å². The van der Waals surface area contributed by atoms with Gasteiger partial charge in [0.2, 0.25) is 0 Å². The molecule has 0 aliphatic heterocycles. The minimum Gasteiger partial charge on any atom is -0.481 e. The predicted molar refractivity (Wildman–Crippen MR) is 65.4 cm³/mol. The Morgan fingerprint density at radius 3 is 2.56 bits per heavy atom. The van der Waals surface area contributed by atoms with Crippen molar-refractivity contribution in [3.8, 4) is 0 Å². The maximum absolute atomic E-state index is 11.4. The number of carbonyl (C=O) groups is 2. The summed E-state index contributed by atoms with van der Waals surface area (Å²) in [5.41, 5.74) is -1.47. The van der Waals surface area contributed by atoms with E-state index in [1.54, 1.807) is 6.92 Å². The average Bonchev–Trinajstić information content (AvgIpc) is 2.22. The highest BCUT2D eigenvalue weighted by Gasteiger charge is 2.24. The SMILES string of the molecule is CCOCC(C)NC(=O)NCC(C)(O)CC(=O)O. The Morgan fingerprint density at radius 2 is 2.06 bits per heavy atom. The molecule has 7 nitrogen and oxygen atoms in total. The van der Waals surface area contributed by atoms with E-state index in [4.69, 9.17) is 9.84 Å². The van der Waals surface area contributed by atoms with Gasteiger partial charge in [-0.1, -0.05) is 0 Å². The Labute approximate surface area is 107 Å². The number of rotatable bonds is 8. The number of aliphatic hydroxyl groups is 1. The Morgan fingerprint density at radius 1 is 1.44 bits per heavy atom. The fourth-order valence-electron chi connectivity index (χ4n) is 1.27. The first-order chi connectivity index (χ1) is 8.26. The summed E-state index contributed by atoms with van der Waals surface area (Å²) in [5, 5.41) is 23.2. The van der Waals surface area contributed by atoms with Crippen LogP contribution in [0.2, 0.25) is 0 Å². The molecular formula is C11H22N2O5. The lowest BCUT2D eigenvalue weighted by Gasteiger charge is -2.22. The zero-order valence-corrected chi connectivity index (χ0v) is 11.0. The number of carbonyl (C=O) groups excluding carboxylic acids is 1. The zero-order valence-electron chi connectivity index (χ0n) is 11.0. The van der Waals surface area contributed by atoms with Crippen LogP contribution in [-0.4, -0.2) is 53.6 Å². The van der Waals surface area contributed by atoms with Crippen LogP contribution in [0.15, 0.2) is 0 Å². The normalized spacial score (nSPS) is 15.6. The number of hydrogen-bond donors (Lipinski definition) is 4. The smallest absolute Gasteiger partial charge is 0.315 e. The van der Waals surface area contributed by atoms with Crippen molar-refractivity contribution in [2.24, 2.45) is 0 Å². The van der Waals surface area contributed by atoms with Crippen LogP contribution in [0.25, 0.3) is 0 Å². The second-order valence-electron chi connectivity index (χ2n) is 4.45. The molecule has 2 atom stereocenters. The molecular weight excluding hydrogens is 240 g/mol. The van der Waals surface area contributed by atoms with E-state index in [9.17, 15) is 14.7 Å². The first kappa shape index (κ1) is 16.7. The van der Waals surface area contributed by atoms with E-state index < -0.39 is 24.0 Å². The van der Waals surface area contributed by atoms with Gasteiger partial charge in [-0.05, 0) is 20.8 Å². The Hall–Kier alpha value is -1.34. The van der Waals surface area contributed by atoms with Gasteiger partial charge in [-0.3, -0.25) is 4.79 Å². The quantitative estimate of drug-likeness (QED) is 0.490. The third-order valence-corrected chi connectivity index (χ3v) is 2.11. The molecule has 0 radical (unpaired) electrons. The molecule has 106 valence electrons. The lowest BCUT2D eigenvalue weighted by molar-refractivity contribution is -0.141. The molecule has 0 fully saturated rings. The molecule has 0 aromatic carbocycles. The summed E-state index contributed by atoms with van der Waals surface area (Å²) in [6.07, 6.45) is -0.429. The molecule has 4 N–H and O–H groups in total. The molecule has 18 heavy (non-hydrogen) atoms. The Kier molecular flexibility index (Phi) is 7.30. The monoisotopic (exact) mass is 262 g/mol. The van der Waals surface area contributed by atoms with Gasteiger partial charge in [0.25, 0.3) is 0 Å². The standard InChI is InChI=1S/C11H22N2O5/c1-4-18-6-8(2)13-10(16)12-7-11(3,17)5-9(14)15/h8,17H,4-7H2,1-3H3,(H,14,15)(H2,12,13,16). The third-order valence-electron chi connectivity index (χ3n) is 2.11. The summed E-state index contributed by atoms with van der Waals surface area (Å²) in [6, 6.07) is -0.623. The number of carboxylic acids is 1. The molecule has 0 saturated carbocycles. The number of carboxylic acid groups (broad SMARTS) is 1. The van der Waals surface area contributed by atoms with E-state index in [-0.39, 0.29) is 12.6 Å². The fraction of sp³-hybridized carbons (Fsp3) is 0.818. The number of urea groups is 1. The van der Waals surface area contributed by atoms with Crippen molar-refractivity contribution in [2.75, 3.05) is 19.8 Å². The average molecular weight is 262 g/mol. The van der Waals surface area contributed by atoms with Gasteiger partial charge in [-0.2, -0.15) is 0 Å². The summed E-state index contributed by atoms with van der Waals surface area (Å²) >= 11 is 0. The van der Waals surface area contributed by atoms with Crippen LogP contribution in [0.5, 0.6) is 0 Å². The van der Waals surface area contributed by atoms with E-state index in [2.05, 4.69) is 10.6 Å². The first-order valence-electron chi connectivity index (χ1n) is 5.83. The van der Waals surface area contributed by atoms with Gasteiger partial charge >= 0.3 is 12.0 Å². The van der Waals surface area contributed by atoms with Gasteiger partial charge in [-0.15, -0.1) is 0 Å². The molecule has 0 saturated heterocycles. The highest BCUT2D eigenvalue weighted by molar-refractivity contribution is 5.74. The maximum atomic E-state index is 11.4. The molecule has 0 aliphatic carbocycles. The molecule has 0 bridgehead atoms. The van der Waals surface area contributed by atoms with Crippen molar-refractivity contribution in [3.05, 3.63) is 0 Å². The molecule has 2 unspecified atom stereocenters. The van der Waals surface area contributed by atoms with Crippen LogP contribution in [0.3, 0.4) is 0 Å². The summed E-state index contributed by atoms with van der Waals surface area (Å²) in [6.45, 7) is 5.83. The van der Waals surface area contributed by atoms with Crippen LogP contribution in [0.1, 0.15) is 27.2 Å². The molecule has 0 rings (SSSR count). The van der Waals surface area contributed by atoms with Gasteiger partial charge in [0, 0.05) is 13.2 Å². The molecule has 0 aromatic rings. The Balaban J connectivity index is 3.92. The summed E-state index contributed by atoms with van der Waals surface area (Å²) in [4.78, 5) is 21.9. The maximum Gasteiger partial charge on any atom is 0.315 e. The topological polar surface area (TPSA) is 108 Å². The molecule has 0 aromatic heterocycles. The minimum atomic E-state index is -1.47. The van der Waals surface area contributed by atoms with E-state index in [0.29, 0.717) is 13.2 Å². The number of aliphatic carboxylic acids is 1. The van der Waals surface area contributed by atoms with Crippen molar-refractivity contribution >= 4 is 12.0 Å². The van der Waals surface area contributed by atoms with E-state index in [1.165, 1.54) is 6.92 Å². The second-order valence-corrected chi connectivity index (χ2v) is 4.45. The van der Waals surface area contributed by atoms with Crippen LogP contribution in [0, 0.1) is 0 Å². The van der Waals surface area contributed by atoms with Crippen molar-refractivity contribution in [1.82, 2.24) is 10.6 Å². The van der Waals surface area contributed by atoms with Crippen molar-refractivity contribution in [1.29, 1.82) is 0 Å². The van der Waals surface area contributed by atoms with E-state index in [1.807, 2.05) is 6.92 Å². The highest BCUT2D eigenvalue weighted by atomic mass is 16.5. The number of ether oxygens (including phenoxy) is 1. The molecule has 0 aliphatic rings. The second kappa shape index (κ2) is 7.88. The van der Waals surface area contributed by atoms with Crippen LogP contribution < -0.4 is 10.6 Å². The fourth-order valence-corrected chi connectivity index (χ4v) is 1.27. The number of nitrogens with one attached hydrogen (secondary N) is 2. The highest BCUT2D eigenvalue weighted by Crippen LogP contribution is 2.07. The van der Waals surface area contributed by atoms with Crippen molar-refractivity contribution in [3.63, 3.8) is 0 Å². The summed E-state index contributed by atoms with van der Waals surface area (Å²) in [5.74, 6) is -1.12. The molecule has 0 spiro atoms. The van der Waals surface area contributed by atoms with Crippen molar-refractivity contribution in [2.45, 2.75) is 38.8 Å². The summed E-state index contributed by atoms with van der Waals surface area (Å²) in [7, 11) is 0. The molecule has 0 heterocycles. The molecule has 2 amide bonds. The van der Waals surface area contributed by atoms with Gasteiger partial charge in [0.15, 0.2) is 0 Å².